The zero-order valence-electron chi connectivity index (χ0n) is 11.2. The molecule has 1 heterocycles. The Morgan fingerprint density at radius 3 is 2.44 bits per heavy atom. The van der Waals surface area contributed by atoms with Crippen LogP contribution >= 0.6 is 0 Å². The molecule has 1 saturated heterocycles. The molecule has 0 spiro atoms. The van der Waals surface area contributed by atoms with E-state index in [1.165, 1.54) is 0 Å². The van der Waals surface area contributed by atoms with Gasteiger partial charge in [0.2, 0.25) is 5.91 Å². The summed E-state index contributed by atoms with van der Waals surface area (Å²) in [6.45, 7) is 0.928. The zero-order chi connectivity index (χ0) is 13.4. The van der Waals surface area contributed by atoms with Crippen LogP contribution in [0.25, 0.3) is 0 Å². The summed E-state index contributed by atoms with van der Waals surface area (Å²) in [5, 5.41) is 2.75. The minimum atomic E-state index is -0.210. The molecule has 3 N–H and O–H groups in total. The number of carbonyl (C=O) groups excluding carboxylic acids is 1. The Morgan fingerprint density at radius 1 is 1.28 bits per heavy atom. The Bertz CT molecular complexity index is 353. The van der Waals surface area contributed by atoms with Crippen LogP contribution in [-0.2, 0) is 4.79 Å². The molecule has 4 nitrogen and oxygen atoms in total. The summed E-state index contributed by atoms with van der Waals surface area (Å²) < 4.78 is 0. The molecule has 0 saturated carbocycles. The maximum absolute atomic E-state index is 11.3. The predicted octanol–water partition coefficient (Wildman–Crippen LogP) is 1.37. The molecule has 1 unspecified atom stereocenters. The van der Waals surface area contributed by atoms with Gasteiger partial charge < -0.3 is 16.0 Å². The van der Waals surface area contributed by atoms with E-state index in [2.05, 4.69) is 10.2 Å². The number of nitrogens with two attached hydrogens (primary N) is 1. The minimum absolute atomic E-state index is 0.124. The Hall–Kier alpha value is -1.55. The van der Waals surface area contributed by atoms with Crippen LogP contribution in [0.2, 0.25) is 0 Å². The number of amides is 1. The molecule has 100 valence electrons. The second kappa shape index (κ2) is 7.71. The van der Waals surface area contributed by atoms with Crippen molar-refractivity contribution in [3.63, 3.8) is 0 Å². The van der Waals surface area contributed by atoms with Crippen LogP contribution < -0.4 is 16.0 Å². The van der Waals surface area contributed by atoms with Crippen LogP contribution in [-0.4, -0.2) is 32.6 Å². The number of carbonyl (C=O) groups is 1. The molecule has 0 bridgehead atoms. The maximum atomic E-state index is 11.3. The highest BCUT2D eigenvalue weighted by molar-refractivity contribution is 5.83. The Morgan fingerprint density at radius 2 is 1.89 bits per heavy atom. The summed E-state index contributed by atoms with van der Waals surface area (Å²) in [6.07, 6.45) is 3.11. The van der Waals surface area contributed by atoms with Gasteiger partial charge in [-0.3, -0.25) is 4.79 Å². The summed E-state index contributed by atoms with van der Waals surface area (Å²) in [4.78, 5) is 13.4. The van der Waals surface area contributed by atoms with Gasteiger partial charge in [-0.2, -0.15) is 0 Å². The highest BCUT2D eigenvalue weighted by Gasteiger charge is 2.26. The van der Waals surface area contributed by atoms with Crippen LogP contribution in [0.5, 0.6) is 0 Å². The molecular weight excluding hydrogens is 226 g/mol. The van der Waals surface area contributed by atoms with Crippen molar-refractivity contribution in [2.24, 2.45) is 5.73 Å². The summed E-state index contributed by atoms with van der Waals surface area (Å²) in [5.41, 5.74) is 6.51. The summed E-state index contributed by atoms with van der Waals surface area (Å²) in [7, 11) is 3.75. The SMILES string of the molecule is CNC.NC(=O)C1CCCCN1c1ccccc1. The number of benzene rings is 1. The van der Waals surface area contributed by atoms with Crippen molar-refractivity contribution in [1.29, 1.82) is 0 Å². The predicted molar refractivity (Wildman–Crippen MR) is 75.6 cm³/mol. The van der Waals surface area contributed by atoms with E-state index in [-0.39, 0.29) is 11.9 Å². The van der Waals surface area contributed by atoms with Gasteiger partial charge in [-0.1, -0.05) is 18.2 Å². The van der Waals surface area contributed by atoms with Crippen molar-refractivity contribution in [2.75, 3.05) is 25.5 Å². The molecule has 4 heteroatoms. The topological polar surface area (TPSA) is 58.4 Å². The largest absolute Gasteiger partial charge is 0.368 e. The summed E-state index contributed by atoms with van der Waals surface area (Å²) >= 11 is 0. The number of hydrogen-bond acceptors (Lipinski definition) is 3. The van der Waals surface area contributed by atoms with E-state index in [4.69, 9.17) is 5.73 Å². The first-order chi connectivity index (χ1) is 8.70. The van der Waals surface area contributed by atoms with Crippen molar-refractivity contribution in [1.82, 2.24) is 5.32 Å². The molecule has 1 atom stereocenters. The highest BCUT2D eigenvalue weighted by atomic mass is 16.1. The number of anilines is 1. The lowest BCUT2D eigenvalue weighted by atomic mass is 10.0. The molecule has 1 aromatic carbocycles. The minimum Gasteiger partial charge on any atom is -0.368 e. The maximum Gasteiger partial charge on any atom is 0.240 e. The first kappa shape index (κ1) is 14.5. The molecule has 1 aliphatic rings. The quantitative estimate of drug-likeness (QED) is 0.832. The van der Waals surface area contributed by atoms with Gasteiger partial charge in [0.05, 0.1) is 0 Å². The van der Waals surface area contributed by atoms with E-state index >= 15 is 0 Å². The lowest BCUT2D eigenvalue weighted by Crippen LogP contribution is -2.47. The zero-order valence-corrected chi connectivity index (χ0v) is 11.2. The second-order valence-electron chi connectivity index (χ2n) is 4.44. The molecule has 1 fully saturated rings. The summed E-state index contributed by atoms with van der Waals surface area (Å²) in [6, 6.07) is 9.89. The molecule has 18 heavy (non-hydrogen) atoms. The van der Waals surface area contributed by atoms with Gasteiger partial charge in [-0.25, -0.2) is 0 Å². The van der Waals surface area contributed by atoms with Crippen LogP contribution in [0.1, 0.15) is 19.3 Å². The third-order valence-corrected chi connectivity index (χ3v) is 2.92. The smallest absolute Gasteiger partial charge is 0.240 e. The van der Waals surface area contributed by atoms with E-state index in [0.29, 0.717) is 0 Å². The molecular formula is C14H23N3O. The van der Waals surface area contributed by atoms with Gasteiger partial charge in [-0.05, 0) is 45.5 Å². The van der Waals surface area contributed by atoms with Gasteiger partial charge in [-0.15, -0.1) is 0 Å². The van der Waals surface area contributed by atoms with Crippen LogP contribution in [0.3, 0.4) is 0 Å². The first-order valence-corrected chi connectivity index (χ1v) is 6.40. The number of primary amides is 1. The van der Waals surface area contributed by atoms with Crippen molar-refractivity contribution < 1.29 is 4.79 Å². The molecule has 2 rings (SSSR count). The van der Waals surface area contributed by atoms with E-state index < -0.39 is 0 Å². The van der Waals surface area contributed by atoms with Gasteiger partial charge in [0.25, 0.3) is 0 Å². The van der Waals surface area contributed by atoms with Crippen molar-refractivity contribution in [3.8, 4) is 0 Å². The Balaban J connectivity index is 0.000000492. The first-order valence-electron chi connectivity index (χ1n) is 6.40. The van der Waals surface area contributed by atoms with E-state index in [1.54, 1.807) is 0 Å². The summed E-state index contributed by atoms with van der Waals surface area (Å²) in [5.74, 6) is -0.210. The van der Waals surface area contributed by atoms with Crippen molar-refractivity contribution in [3.05, 3.63) is 30.3 Å². The lowest BCUT2D eigenvalue weighted by Gasteiger charge is -2.35. The highest BCUT2D eigenvalue weighted by Crippen LogP contribution is 2.24. The number of nitrogens with one attached hydrogen (secondary N) is 1. The normalized spacial score (nSPS) is 18.8. The van der Waals surface area contributed by atoms with Gasteiger partial charge in [0.1, 0.15) is 6.04 Å². The van der Waals surface area contributed by atoms with E-state index in [0.717, 1.165) is 31.5 Å². The molecule has 0 aromatic heterocycles. The average molecular weight is 249 g/mol. The molecule has 1 aliphatic heterocycles. The van der Waals surface area contributed by atoms with Crippen LogP contribution in [0.15, 0.2) is 30.3 Å². The number of hydrogen-bond donors (Lipinski definition) is 2. The number of nitrogens with zero attached hydrogens (tertiary/aromatic N) is 1. The fourth-order valence-electron chi connectivity index (χ4n) is 2.16. The van der Waals surface area contributed by atoms with Crippen molar-refractivity contribution >= 4 is 11.6 Å². The molecule has 0 radical (unpaired) electrons. The number of piperidine rings is 1. The third kappa shape index (κ3) is 4.04. The Kier molecular flexibility index (Phi) is 6.22. The Labute approximate surface area is 109 Å². The van der Waals surface area contributed by atoms with Gasteiger partial charge in [0.15, 0.2) is 0 Å². The monoisotopic (exact) mass is 249 g/mol. The fraction of sp³-hybridized carbons (Fsp3) is 0.500. The standard InChI is InChI=1S/C12H16N2O.C2H7N/c13-12(15)11-8-4-5-9-14(11)10-6-2-1-3-7-10;1-3-2/h1-3,6-7,11H,4-5,8-9H2,(H2,13,15);3H,1-2H3. The molecule has 1 aromatic rings. The number of para-hydroxylation sites is 1. The molecule has 0 aliphatic carbocycles. The van der Waals surface area contributed by atoms with Crippen molar-refractivity contribution in [2.45, 2.75) is 25.3 Å². The van der Waals surface area contributed by atoms with E-state index in [9.17, 15) is 4.79 Å². The number of rotatable bonds is 2. The van der Waals surface area contributed by atoms with Gasteiger partial charge in [0, 0.05) is 12.2 Å². The average Bonchev–Trinajstić information content (AvgIpc) is 2.40. The second-order valence-corrected chi connectivity index (χ2v) is 4.44. The fourth-order valence-corrected chi connectivity index (χ4v) is 2.16. The van der Waals surface area contributed by atoms with Crippen LogP contribution in [0.4, 0.5) is 5.69 Å². The third-order valence-electron chi connectivity index (χ3n) is 2.92. The van der Waals surface area contributed by atoms with E-state index in [1.807, 2.05) is 44.4 Å². The van der Waals surface area contributed by atoms with Gasteiger partial charge >= 0.3 is 0 Å². The lowest BCUT2D eigenvalue weighted by molar-refractivity contribution is -0.119. The molecule has 1 amide bonds. The van der Waals surface area contributed by atoms with Crippen LogP contribution in [0, 0.1) is 0 Å².